The minimum Gasteiger partial charge on any atom is -0.369 e. The van der Waals surface area contributed by atoms with Gasteiger partial charge in [-0.15, -0.1) is 0 Å². The fourth-order valence-electron chi connectivity index (χ4n) is 1.96. The van der Waals surface area contributed by atoms with Crippen LogP contribution in [0.2, 0.25) is 5.02 Å². The maximum absolute atomic E-state index is 13.3. The van der Waals surface area contributed by atoms with Crippen molar-refractivity contribution in [3.63, 3.8) is 0 Å². The number of hydrogen-bond donors (Lipinski definition) is 1. The SMILES string of the molecule is Nc1nc2ccc(Cl)cc2n1-c1ccc(F)c(F)c1. The third-order valence-corrected chi connectivity index (χ3v) is 3.04. The lowest BCUT2D eigenvalue weighted by Gasteiger charge is -2.07. The molecule has 0 atom stereocenters. The number of nitrogens with zero attached hydrogens (tertiary/aromatic N) is 2. The van der Waals surface area contributed by atoms with Crippen molar-refractivity contribution in [2.75, 3.05) is 5.73 Å². The number of nitrogens with two attached hydrogens (primary N) is 1. The molecule has 19 heavy (non-hydrogen) atoms. The summed E-state index contributed by atoms with van der Waals surface area (Å²) in [6.45, 7) is 0. The average Bonchev–Trinajstić information content (AvgIpc) is 2.68. The maximum atomic E-state index is 13.3. The molecule has 0 radical (unpaired) electrons. The number of fused-ring (bicyclic) bond motifs is 1. The van der Waals surface area contributed by atoms with Gasteiger partial charge in [-0.25, -0.2) is 13.8 Å². The minimum absolute atomic E-state index is 0.184. The highest BCUT2D eigenvalue weighted by molar-refractivity contribution is 6.31. The van der Waals surface area contributed by atoms with E-state index in [2.05, 4.69) is 4.98 Å². The second-order valence-corrected chi connectivity index (χ2v) is 4.47. The molecule has 0 unspecified atom stereocenters. The molecule has 0 saturated carbocycles. The molecule has 6 heteroatoms. The summed E-state index contributed by atoms with van der Waals surface area (Å²) in [5.41, 5.74) is 7.47. The van der Waals surface area contributed by atoms with Crippen molar-refractivity contribution in [1.29, 1.82) is 0 Å². The van der Waals surface area contributed by atoms with E-state index in [1.165, 1.54) is 10.6 Å². The van der Waals surface area contributed by atoms with E-state index in [-0.39, 0.29) is 5.95 Å². The molecule has 1 heterocycles. The van der Waals surface area contributed by atoms with Gasteiger partial charge in [0.15, 0.2) is 11.6 Å². The molecule has 2 aromatic carbocycles. The standard InChI is InChI=1S/C13H8ClF2N3/c14-7-1-4-11-12(5-7)19(13(17)18-11)8-2-3-9(15)10(16)6-8/h1-6H,(H2,17,18). The monoisotopic (exact) mass is 279 g/mol. The summed E-state index contributed by atoms with van der Waals surface area (Å²) in [4.78, 5) is 4.15. The van der Waals surface area contributed by atoms with Crippen LogP contribution >= 0.6 is 11.6 Å². The Hall–Kier alpha value is -2.14. The third-order valence-electron chi connectivity index (χ3n) is 2.80. The zero-order valence-corrected chi connectivity index (χ0v) is 10.3. The Labute approximate surface area is 112 Å². The van der Waals surface area contributed by atoms with E-state index in [1.54, 1.807) is 18.2 Å². The van der Waals surface area contributed by atoms with Crippen molar-refractivity contribution >= 4 is 28.6 Å². The lowest BCUT2D eigenvalue weighted by Crippen LogP contribution is -2.01. The molecule has 0 aliphatic rings. The Morgan fingerprint density at radius 2 is 1.84 bits per heavy atom. The van der Waals surface area contributed by atoms with Crippen molar-refractivity contribution in [2.45, 2.75) is 0 Å². The van der Waals surface area contributed by atoms with Crippen molar-refractivity contribution in [2.24, 2.45) is 0 Å². The molecule has 0 aliphatic carbocycles. The van der Waals surface area contributed by atoms with E-state index >= 15 is 0 Å². The summed E-state index contributed by atoms with van der Waals surface area (Å²) in [5, 5.41) is 0.510. The summed E-state index contributed by atoms with van der Waals surface area (Å²) < 4.78 is 27.8. The van der Waals surface area contributed by atoms with Crippen LogP contribution in [0.3, 0.4) is 0 Å². The Morgan fingerprint density at radius 1 is 1.05 bits per heavy atom. The van der Waals surface area contributed by atoms with Crippen LogP contribution in [0.25, 0.3) is 16.7 Å². The molecule has 3 nitrogen and oxygen atoms in total. The summed E-state index contributed by atoms with van der Waals surface area (Å²) in [6, 6.07) is 8.60. The summed E-state index contributed by atoms with van der Waals surface area (Å²) in [5.74, 6) is -1.67. The topological polar surface area (TPSA) is 43.8 Å². The van der Waals surface area contributed by atoms with Gasteiger partial charge in [-0.3, -0.25) is 4.57 Å². The quantitative estimate of drug-likeness (QED) is 0.740. The van der Waals surface area contributed by atoms with Gasteiger partial charge in [0.1, 0.15) is 0 Å². The van der Waals surface area contributed by atoms with E-state index in [1.807, 2.05) is 0 Å². The van der Waals surface area contributed by atoms with Crippen LogP contribution in [-0.4, -0.2) is 9.55 Å². The molecule has 0 saturated heterocycles. The predicted octanol–water partition coefficient (Wildman–Crippen LogP) is 3.54. The van der Waals surface area contributed by atoms with E-state index in [9.17, 15) is 8.78 Å². The Bertz CT molecular complexity index is 783. The lowest BCUT2D eigenvalue weighted by atomic mass is 10.2. The van der Waals surface area contributed by atoms with Crippen LogP contribution < -0.4 is 5.73 Å². The zero-order chi connectivity index (χ0) is 13.6. The zero-order valence-electron chi connectivity index (χ0n) is 9.57. The van der Waals surface area contributed by atoms with Crippen LogP contribution in [0, 0.1) is 11.6 Å². The largest absolute Gasteiger partial charge is 0.369 e. The van der Waals surface area contributed by atoms with Crippen LogP contribution in [0.4, 0.5) is 14.7 Å². The summed E-state index contributed by atoms with van der Waals surface area (Å²) >= 11 is 5.93. The number of aromatic nitrogens is 2. The van der Waals surface area contributed by atoms with Crippen molar-refractivity contribution in [3.05, 3.63) is 53.1 Å². The fourth-order valence-corrected chi connectivity index (χ4v) is 2.13. The van der Waals surface area contributed by atoms with E-state index in [0.717, 1.165) is 12.1 Å². The molecular formula is C13H8ClF2N3. The number of nitrogen functional groups attached to an aromatic ring is 1. The molecular weight excluding hydrogens is 272 g/mol. The first kappa shape index (κ1) is 11.9. The highest BCUT2D eigenvalue weighted by atomic mass is 35.5. The number of hydrogen-bond acceptors (Lipinski definition) is 2. The maximum Gasteiger partial charge on any atom is 0.205 e. The van der Waals surface area contributed by atoms with Crippen LogP contribution in [0.5, 0.6) is 0 Å². The van der Waals surface area contributed by atoms with Gasteiger partial charge in [-0.1, -0.05) is 11.6 Å². The van der Waals surface area contributed by atoms with Gasteiger partial charge < -0.3 is 5.73 Å². The number of imidazole rings is 1. The second kappa shape index (κ2) is 4.20. The molecule has 0 bridgehead atoms. The molecule has 2 N–H and O–H groups in total. The first-order valence-corrected chi connectivity index (χ1v) is 5.83. The van der Waals surface area contributed by atoms with Crippen LogP contribution in [0.1, 0.15) is 0 Å². The van der Waals surface area contributed by atoms with Crippen molar-refractivity contribution in [1.82, 2.24) is 9.55 Å². The van der Waals surface area contributed by atoms with Gasteiger partial charge in [-0.2, -0.15) is 0 Å². The number of rotatable bonds is 1. The van der Waals surface area contributed by atoms with E-state index < -0.39 is 11.6 Å². The van der Waals surface area contributed by atoms with Gasteiger partial charge >= 0.3 is 0 Å². The first-order chi connectivity index (χ1) is 9.06. The lowest BCUT2D eigenvalue weighted by molar-refractivity contribution is 0.508. The molecule has 3 aromatic rings. The number of anilines is 1. The smallest absolute Gasteiger partial charge is 0.205 e. The predicted molar refractivity (Wildman–Crippen MR) is 70.4 cm³/mol. The Balaban J connectivity index is 2.31. The van der Waals surface area contributed by atoms with Crippen molar-refractivity contribution in [3.8, 4) is 5.69 Å². The van der Waals surface area contributed by atoms with Gasteiger partial charge in [0.05, 0.1) is 16.7 Å². The van der Waals surface area contributed by atoms with E-state index in [0.29, 0.717) is 21.7 Å². The molecule has 3 rings (SSSR count). The van der Waals surface area contributed by atoms with Gasteiger partial charge in [-0.05, 0) is 30.3 Å². The highest BCUT2D eigenvalue weighted by Gasteiger charge is 2.12. The summed E-state index contributed by atoms with van der Waals surface area (Å²) in [7, 11) is 0. The first-order valence-electron chi connectivity index (χ1n) is 5.45. The highest BCUT2D eigenvalue weighted by Crippen LogP contribution is 2.26. The van der Waals surface area contributed by atoms with Crippen LogP contribution in [-0.2, 0) is 0 Å². The van der Waals surface area contributed by atoms with Gasteiger partial charge in [0, 0.05) is 11.1 Å². The van der Waals surface area contributed by atoms with Gasteiger partial charge in [0.25, 0.3) is 0 Å². The van der Waals surface area contributed by atoms with Crippen molar-refractivity contribution < 1.29 is 8.78 Å². The fraction of sp³-hybridized carbons (Fsp3) is 0. The second-order valence-electron chi connectivity index (χ2n) is 4.04. The Morgan fingerprint density at radius 3 is 2.58 bits per heavy atom. The normalized spacial score (nSPS) is 11.1. The number of halogens is 3. The molecule has 96 valence electrons. The Kier molecular flexibility index (Phi) is 2.64. The average molecular weight is 280 g/mol. The summed E-state index contributed by atoms with van der Waals surface area (Å²) in [6.07, 6.45) is 0. The van der Waals surface area contributed by atoms with Crippen LogP contribution in [0.15, 0.2) is 36.4 Å². The number of benzene rings is 2. The van der Waals surface area contributed by atoms with E-state index in [4.69, 9.17) is 17.3 Å². The van der Waals surface area contributed by atoms with Gasteiger partial charge in [0.2, 0.25) is 5.95 Å². The molecule has 1 aromatic heterocycles. The third kappa shape index (κ3) is 1.92. The molecule has 0 fully saturated rings. The molecule has 0 spiro atoms. The molecule has 0 aliphatic heterocycles. The minimum atomic E-state index is -0.944. The molecule has 0 amide bonds.